The van der Waals surface area contributed by atoms with Crippen LogP contribution in [0.4, 0.5) is 0 Å². The summed E-state index contributed by atoms with van der Waals surface area (Å²) in [6.45, 7) is 5.46. The normalized spacial score (nSPS) is 32.3. The Morgan fingerprint density at radius 3 is 2.90 bits per heavy atom. The summed E-state index contributed by atoms with van der Waals surface area (Å²) >= 11 is 0. The van der Waals surface area contributed by atoms with Crippen LogP contribution in [0.1, 0.15) is 32.3 Å². The van der Waals surface area contributed by atoms with Crippen molar-refractivity contribution >= 4 is 11.8 Å². The number of ketones is 1. The lowest BCUT2D eigenvalue weighted by Crippen LogP contribution is -2.41. The van der Waals surface area contributed by atoms with E-state index in [1.165, 1.54) is 0 Å². The Balaban J connectivity index is 1.28. The zero-order chi connectivity index (χ0) is 20.2. The van der Waals surface area contributed by atoms with E-state index in [1.807, 2.05) is 31.2 Å². The number of allylic oxidation sites excluding steroid dienone is 3. The van der Waals surface area contributed by atoms with E-state index in [4.69, 9.17) is 14.2 Å². The molecular formula is C23H25NO5. The number of carbonyl (C=O) groups is 2. The number of fused-ring (bicyclic) bond motifs is 4. The highest BCUT2D eigenvalue weighted by Gasteiger charge is 2.53. The topological polar surface area (TPSA) is 73.9 Å². The number of rotatable bonds is 4. The molecule has 0 aromatic heterocycles. The fourth-order valence-corrected chi connectivity index (χ4v) is 5.23. The minimum Gasteiger partial charge on any atom is -0.457 e. The molecule has 2 aliphatic carbocycles. The van der Waals surface area contributed by atoms with E-state index < -0.39 is 0 Å². The zero-order valence-electron chi connectivity index (χ0n) is 16.7. The molecular weight excluding hydrogens is 370 g/mol. The lowest BCUT2D eigenvalue weighted by Gasteiger charge is -2.43. The predicted molar refractivity (Wildman–Crippen MR) is 105 cm³/mol. The van der Waals surface area contributed by atoms with E-state index in [1.54, 1.807) is 6.08 Å². The van der Waals surface area contributed by atoms with Crippen LogP contribution in [0, 0.1) is 17.3 Å². The molecule has 4 atom stereocenters. The molecule has 5 rings (SSSR count). The van der Waals surface area contributed by atoms with Crippen molar-refractivity contribution in [2.45, 2.75) is 39.3 Å². The van der Waals surface area contributed by atoms with Crippen molar-refractivity contribution in [1.82, 2.24) is 5.32 Å². The van der Waals surface area contributed by atoms with Crippen LogP contribution in [0.25, 0.3) is 0 Å². The monoisotopic (exact) mass is 395 g/mol. The molecule has 1 aromatic carbocycles. The maximum Gasteiger partial charge on any atom is 0.311 e. The third kappa shape index (κ3) is 2.97. The van der Waals surface area contributed by atoms with Gasteiger partial charge >= 0.3 is 5.97 Å². The fraction of sp³-hybridized carbons (Fsp3) is 0.478. The number of esters is 1. The average molecular weight is 395 g/mol. The van der Waals surface area contributed by atoms with Crippen LogP contribution in [0.15, 0.2) is 41.5 Å². The smallest absolute Gasteiger partial charge is 0.311 e. The van der Waals surface area contributed by atoms with Gasteiger partial charge in [0.1, 0.15) is 6.10 Å². The minimum atomic E-state index is -0.285. The van der Waals surface area contributed by atoms with Gasteiger partial charge in [-0.15, -0.1) is 0 Å². The van der Waals surface area contributed by atoms with Gasteiger partial charge in [-0.05, 0) is 49.1 Å². The van der Waals surface area contributed by atoms with Gasteiger partial charge in [-0.3, -0.25) is 9.59 Å². The van der Waals surface area contributed by atoms with Crippen LogP contribution in [0.3, 0.4) is 0 Å². The lowest BCUT2D eigenvalue weighted by atomic mass is 9.61. The maximum absolute atomic E-state index is 12.7. The predicted octanol–water partition coefficient (Wildman–Crippen LogP) is 2.92. The number of ether oxygens (including phenoxy) is 3. The molecule has 2 aliphatic heterocycles. The molecule has 1 saturated carbocycles. The number of benzene rings is 1. The molecule has 1 unspecified atom stereocenters. The molecule has 1 N–H and O–H groups in total. The molecule has 0 radical (unpaired) electrons. The standard InChI is InChI=1S/C23H25NO5/c1-13-17(25)6-8-23(2)7-5-15-16(22(26)29-21(15)20(13)23)11-24-10-14-3-4-18-19(9-14)28-12-27-18/h3-4,6,8-9,15-16,21,24H,5,7,10-12H2,1-2H3/t15-,16?,21-,23-/m0/s1. The Kier molecular flexibility index (Phi) is 4.28. The summed E-state index contributed by atoms with van der Waals surface area (Å²) in [6.07, 6.45) is 5.22. The second kappa shape index (κ2) is 6.73. The molecule has 0 amide bonds. The Bertz CT molecular complexity index is 949. The molecule has 0 bridgehead atoms. The molecule has 2 heterocycles. The van der Waals surface area contributed by atoms with Crippen molar-refractivity contribution in [2.24, 2.45) is 17.3 Å². The third-order valence-electron chi connectivity index (χ3n) is 6.85. The zero-order valence-corrected chi connectivity index (χ0v) is 16.7. The van der Waals surface area contributed by atoms with Gasteiger partial charge in [0, 0.05) is 30.0 Å². The van der Waals surface area contributed by atoms with Crippen molar-refractivity contribution in [3.05, 3.63) is 47.1 Å². The van der Waals surface area contributed by atoms with Gasteiger partial charge in [0.05, 0.1) is 5.92 Å². The number of nitrogens with one attached hydrogen (secondary N) is 1. The summed E-state index contributed by atoms with van der Waals surface area (Å²) < 4.78 is 16.6. The maximum atomic E-state index is 12.7. The molecule has 0 spiro atoms. The van der Waals surface area contributed by atoms with Crippen LogP contribution in [0.5, 0.6) is 11.5 Å². The summed E-state index contributed by atoms with van der Waals surface area (Å²) in [4.78, 5) is 24.9. The van der Waals surface area contributed by atoms with Gasteiger partial charge in [-0.2, -0.15) is 0 Å². The first-order valence-electron chi connectivity index (χ1n) is 10.2. The van der Waals surface area contributed by atoms with Crippen LogP contribution >= 0.6 is 0 Å². The summed E-state index contributed by atoms with van der Waals surface area (Å²) in [5.74, 6) is 1.31. The van der Waals surface area contributed by atoms with Crippen molar-refractivity contribution < 1.29 is 23.8 Å². The van der Waals surface area contributed by atoms with Crippen LogP contribution in [-0.4, -0.2) is 31.2 Å². The first-order chi connectivity index (χ1) is 14.0. The number of hydrogen-bond acceptors (Lipinski definition) is 6. The molecule has 6 heteroatoms. The van der Waals surface area contributed by atoms with E-state index in [9.17, 15) is 9.59 Å². The Morgan fingerprint density at radius 1 is 1.21 bits per heavy atom. The van der Waals surface area contributed by atoms with E-state index in [2.05, 4.69) is 12.2 Å². The van der Waals surface area contributed by atoms with E-state index >= 15 is 0 Å². The van der Waals surface area contributed by atoms with Crippen molar-refractivity contribution in [1.29, 1.82) is 0 Å². The average Bonchev–Trinajstić information content (AvgIpc) is 3.29. The SMILES string of the molecule is CC1=C2[C@H]3OC(=O)C(CNCc4ccc5c(c4)OCO5)[C@@H]3CC[C@@]2(C)C=CC1=O. The molecule has 1 saturated heterocycles. The highest BCUT2D eigenvalue weighted by molar-refractivity contribution is 6.05. The molecule has 1 aromatic rings. The molecule has 29 heavy (non-hydrogen) atoms. The van der Waals surface area contributed by atoms with Crippen LogP contribution in [0.2, 0.25) is 0 Å². The minimum absolute atomic E-state index is 0.0264. The van der Waals surface area contributed by atoms with Crippen LogP contribution in [-0.2, 0) is 20.9 Å². The Labute approximate surface area is 169 Å². The largest absolute Gasteiger partial charge is 0.457 e. The summed E-state index contributed by atoms with van der Waals surface area (Å²) in [5.41, 5.74) is 2.64. The molecule has 6 nitrogen and oxygen atoms in total. The molecule has 2 fully saturated rings. The van der Waals surface area contributed by atoms with Gasteiger partial charge in [0.25, 0.3) is 0 Å². The van der Waals surface area contributed by atoms with E-state index in [0.29, 0.717) is 13.1 Å². The second-order valence-electron chi connectivity index (χ2n) is 8.64. The Morgan fingerprint density at radius 2 is 2.03 bits per heavy atom. The van der Waals surface area contributed by atoms with Gasteiger partial charge in [-0.25, -0.2) is 0 Å². The highest BCUT2D eigenvalue weighted by Crippen LogP contribution is 2.53. The van der Waals surface area contributed by atoms with Gasteiger partial charge in [0.2, 0.25) is 6.79 Å². The molecule has 152 valence electrons. The fourth-order valence-electron chi connectivity index (χ4n) is 5.23. The first kappa shape index (κ1) is 18.4. The van der Waals surface area contributed by atoms with Gasteiger partial charge < -0.3 is 19.5 Å². The number of hydrogen-bond donors (Lipinski definition) is 1. The van der Waals surface area contributed by atoms with Crippen molar-refractivity contribution in [2.75, 3.05) is 13.3 Å². The van der Waals surface area contributed by atoms with Crippen LogP contribution < -0.4 is 14.8 Å². The summed E-state index contributed by atoms with van der Waals surface area (Å²) in [6, 6.07) is 5.87. The third-order valence-corrected chi connectivity index (χ3v) is 6.85. The summed E-state index contributed by atoms with van der Waals surface area (Å²) in [7, 11) is 0. The second-order valence-corrected chi connectivity index (χ2v) is 8.64. The Hall–Kier alpha value is -2.60. The lowest BCUT2D eigenvalue weighted by molar-refractivity contribution is -0.143. The molecule has 4 aliphatic rings. The first-order valence-corrected chi connectivity index (χ1v) is 10.2. The van der Waals surface area contributed by atoms with E-state index in [0.717, 1.165) is 41.1 Å². The van der Waals surface area contributed by atoms with Crippen molar-refractivity contribution in [3.63, 3.8) is 0 Å². The highest BCUT2D eigenvalue weighted by atomic mass is 16.7. The van der Waals surface area contributed by atoms with E-state index in [-0.39, 0.29) is 41.9 Å². The van der Waals surface area contributed by atoms with Crippen molar-refractivity contribution in [3.8, 4) is 11.5 Å². The quantitative estimate of drug-likeness (QED) is 0.791. The number of carbonyl (C=O) groups excluding carboxylic acids is 2. The summed E-state index contributed by atoms with van der Waals surface area (Å²) in [5, 5.41) is 3.41. The van der Waals surface area contributed by atoms with Gasteiger partial charge in [-0.1, -0.05) is 19.1 Å². The van der Waals surface area contributed by atoms with Gasteiger partial charge in [0.15, 0.2) is 17.3 Å².